The van der Waals surface area contributed by atoms with E-state index in [0.717, 1.165) is 25.1 Å². The zero-order chi connectivity index (χ0) is 14.8. The smallest absolute Gasteiger partial charge is 0.242 e. The lowest BCUT2D eigenvalue weighted by Crippen LogP contribution is -2.29. The Morgan fingerprint density at radius 1 is 1.45 bits per heavy atom. The molecule has 0 aliphatic heterocycles. The Kier molecular flexibility index (Phi) is 4.52. The molecule has 1 aromatic rings. The van der Waals surface area contributed by atoms with Gasteiger partial charge in [0.2, 0.25) is 10.0 Å². The molecule has 0 amide bonds. The number of ether oxygens (including phenoxy) is 1. The van der Waals surface area contributed by atoms with Gasteiger partial charge in [-0.3, -0.25) is 0 Å². The van der Waals surface area contributed by atoms with Gasteiger partial charge in [-0.15, -0.1) is 0 Å². The van der Waals surface area contributed by atoms with Crippen LogP contribution in [-0.2, 0) is 14.8 Å². The Balaban J connectivity index is 2.27. The monoisotopic (exact) mass is 299 g/mol. The van der Waals surface area contributed by atoms with Crippen molar-refractivity contribution in [3.63, 3.8) is 0 Å². The summed E-state index contributed by atoms with van der Waals surface area (Å²) < 4.78 is 31.0. The molecule has 1 fully saturated rings. The van der Waals surface area contributed by atoms with Crippen molar-refractivity contribution in [1.29, 1.82) is 0 Å². The van der Waals surface area contributed by atoms with Crippen molar-refractivity contribution in [1.82, 2.24) is 4.72 Å². The van der Waals surface area contributed by atoms with Gasteiger partial charge >= 0.3 is 0 Å². The third-order valence-electron chi connectivity index (χ3n) is 3.41. The highest BCUT2D eigenvalue weighted by Gasteiger charge is 2.29. The van der Waals surface area contributed by atoms with Crippen LogP contribution in [-0.4, -0.2) is 41.8 Å². The first-order chi connectivity index (χ1) is 9.49. The van der Waals surface area contributed by atoms with Gasteiger partial charge < -0.3 is 15.4 Å². The van der Waals surface area contributed by atoms with Crippen molar-refractivity contribution < 1.29 is 13.2 Å². The average molecular weight is 299 g/mol. The van der Waals surface area contributed by atoms with Crippen LogP contribution in [0.4, 0.5) is 11.4 Å². The number of nitrogens with zero attached hydrogens (tertiary/aromatic N) is 1. The van der Waals surface area contributed by atoms with E-state index in [4.69, 9.17) is 10.5 Å². The molecule has 0 atom stereocenters. The number of hydrogen-bond acceptors (Lipinski definition) is 5. The maximum absolute atomic E-state index is 11.8. The molecule has 112 valence electrons. The summed E-state index contributed by atoms with van der Waals surface area (Å²) in [5, 5.41) is 0. The van der Waals surface area contributed by atoms with Crippen LogP contribution in [0.3, 0.4) is 0 Å². The van der Waals surface area contributed by atoms with Gasteiger partial charge in [0, 0.05) is 25.4 Å². The third-order valence-corrected chi connectivity index (χ3v) is 4.90. The van der Waals surface area contributed by atoms with E-state index in [9.17, 15) is 8.42 Å². The number of methoxy groups -OCH3 is 1. The standard InChI is InChI=1S/C13H21N3O3S/c1-15-20(17,18)13-6-5-11(9-12(13)14)16(7-8-19-2)10-3-4-10/h5-6,9-10,15H,3-4,7-8,14H2,1-2H3. The second kappa shape index (κ2) is 5.99. The lowest BCUT2D eigenvalue weighted by atomic mass is 10.2. The van der Waals surface area contributed by atoms with E-state index in [1.54, 1.807) is 25.3 Å². The normalized spacial score (nSPS) is 15.3. The molecule has 0 heterocycles. The highest BCUT2D eigenvalue weighted by Crippen LogP contribution is 2.33. The summed E-state index contributed by atoms with van der Waals surface area (Å²) in [6, 6.07) is 5.59. The van der Waals surface area contributed by atoms with E-state index >= 15 is 0 Å². The van der Waals surface area contributed by atoms with Gasteiger partial charge in [-0.2, -0.15) is 0 Å². The molecular weight excluding hydrogens is 278 g/mol. The number of rotatable bonds is 7. The van der Waals surface area contributed by atoms with Crippen LogP contribution in [0.1, 0.15) is 12.8 Å². The summed E-state index contributed by atoms with van der Waals surface area (Å²) in [6.07, 6.45) is 2.31. The Bertz CT molecular complexity index is 570. The molecule has 1 aromatic carbocycles. The van der Waals surface area contributed by atoms with Gasteiger partial charge in [0.15, 0.2) is 0 Å². The first-order valence-electron chi connectivity index (χ1n) is 6.58. The molecule has 1 aliphatic rings. The van der Waals surface area contributed by atoms with Crippen LogP contribution in [0.5, 0.6) is 0 Å². The molecule has 20 heavy (non-hydrogen) atoms. The van der Waals surface area contributed by atoms with E-state index in [-0.39, 0.29) is 10.6 Å². The van der Waals surface area contributed by atoms with E-state index in [0.29, 0.717) is 12.6 Å². The lowest BCUT2D eigenvalue weighted by molar-refractivity contribution is 0.205. The molecule has 2 rings (SSSR count). The van der Waals surface area contributed by atoms with Crippen molar-refractivity contribution in [2.45, 2.75) is 23.8 Å². The number of hydrogen-bond donors (Lipinski definition) is 2. The zero-order valence-electron chi connectivity index (χ0n) is 11.8. The van der Waals surface area contributed by atoms with E-state index in [1.165, 1.54) is 7.05 Å². The average Bonchev–Trinajstić information content (AvgIpc) is 3.23. The zero-order valence-corrected chi connectivity index (χ0v) is 12.6. The van der Waals surface area contributed by atoms with Gasteiger partial charge in [-0.05, 0) is 38.1 Å². The van der Waals surface area contributed by atoms with Crippen LogP contribution in [0, 0.1) is 0 Å². The minimum Gasteiger partial charge on any atom is -0.398 e. The maximum Gasteiger partial charge on any atom is 0.242 e. The highest BCUT2D eigenvalue weighted by atomic mass is 32.2. The second-order valence-corrected chi connectivity index (χ2v) is 6.70. The van der Waals surface area contributed by atoms with Gasteiger partial charge in [0.05, 0.1) is 12.3 Å². The predicted molar refractivity (Wildman–Crippen MR) is 79.3 cm³/mol. The Morgan fingerprint density at radius 2 is 2.15 bits per heavy atom. The number of sulfonamides is 1. The van der Waals surface area contributed by atoms with Crippen molar-refractivity contribution in [3.8, 4) is 0 Å². The fraction of sp³-hybridized carbons (Fsp3) is 0.538. The van der Waals surface area contributed by atoms with Crippen LogP contribution in [0.15, 0.2) is 23.1 Å². The van der Waals surface area contributed by atoms with E-state index in [2.05, 4.69) is 9.62 Å². The fourth-order valence-corrected chi connectivity index (χ4v) is 3.00. The molecular formula is C13H21N3O3S. The SMILES string of the molecule is CNS(=O)(=O)c1ccc(N(CCOC)C2CC2)cc1N. The highest BCUT2D eigenvalue weighted by molar-refractivity contribution is 7.89. The summed E-state index contributed by atoms with van der Waals surface area (Å²) in [5.41, 5.74) is 7.10. The summed E-state index contributed by atoms with van der Waals surface area (Å²) in [7, 11) is -0.470. The van der Waals surface area contributed by atoms with Gasteiger partial charge in [0.25, 0.3) is 0 Å². The topological polar surface area (TPSA) is 84.7 Å². The van der Waals surface area contributed by atoms with Crippen LogP contribution in [0.2, 0.25) is 0 Å². The van der Waals surface area contributed by atoms with Crippen molar-refractivity contribution in [2.75, 3.05) is 37.9 Å². The number of nitrogens with two attached hydrogens (primary N) is 1. The summed E-state index contributed by atoms with van der Waals surface area (Å²) in [6.45, 7) is 1.41. The van der Waals surface area contributed by atoms with Gasteiger partial charge in [-0.1, -0.05) is 0 Å². The molecule has 0 radical (unpaired) electrons. The number of anilines is 2. The number of nitrogen functional groups attached to an aromatic ring is 1. The molecule has 0 bridgehead atoms. The van der Waals surface area contributed by atoms with Crippen LogP contribution >= 0.6 is 0 Å². The van der Waals surface area contributed by atoms with Gasteiger partial charge in [0.1, 0.15) is 4.90 Å². The summed E-state index contributed by atoms with van der Waals surface area (Å²) in [4.78, 5) is 2.33. The largest absolute Gasteiger partial charge is 0.398 e. The van der Waals surface area contributed by atoms with Gasteiger partial charge in [-0.25, -0.2) is 13.1 Å². The summed E-state index contributed by atoms with van der Waals surface area (Å²) >= 11 is 0. The van der Waals surface area contributed by atoms with Crippen molar-refractivity contribution in [3.05, 3.63) is 18.2 Å². The second-order valence-electron chi connectivity index (χ2n) is 4.85. The lowest BCUT2D eigenvalue weighted by Gasteiger charge is -2.25. The Hall–Kier alpha value is -1.31. The number of benzene rings is 1. The Labute approximate surface area is 120 Å². The fourth-order valence-electron chi connectivity index (χ4n) is 2.17. The quantitative estimate of drug-likeness (QED) is 0.727. The predicted octanol–water partition coefficient (Wildman–Crippen LogP) is 0.792. The molecule has 0 spiro atoms. The van der Waals surface area contributed by atoms with E-state index < -0.39 is 10.0 Å². The van der Waals surface area contributed by atoms with Crippen molar-refractivity contribution >= 4 is 21.4 Å². The maximum atomic E-state index is 11.8. The molecule has 7 heteroatoms. The minimum atomic E-state index is -3.51. The molecule has 0 aromatic heterocycles. The number of nitrogens with one attached hydrogen (secondary N) is 1. The molecule has 0 unspecified atom stereocenters. The molecule has 0 saturated heterocycles. The molecule has 3 N–H and O–H groups in total. The third kappa shape index (κ3) is 3.23. The van der Waals surface area contributed by atoms with Crippen LogP contribution in [0.25, 0.3) is 0 Å². The first-order valence-corrected chi connectivity index (χ1v) is 8.06. The molecule has 6 nitrogen and oxygen atoms in total. The minimum absolute atomic E-state index is 0.117. The van der Waals surface area contributed by atoms with Crippen LogP contribution < -0.4 is 15.4 Å². The van der Waals surface area contributed by atoms with E-state index in [1.807, 2.05) is 0 Å². The summed E-state index contributed by atoms with van der Waals surface area (Å²) in [5.74, 6) is 0. The Morgan fingerprint density at radius 3 is 2.65 bits per heavy atom. The van der Waals surface area contributed by atoms with Crippen molar-refractivity contribution in [2.24, 2.45) is 0 Å². The first kappa shape index (κ1) is 15.1. The molecule has 1 saturated carbocycles. The molecule has 1 aliphatic carbocycles.